The average Bonchev–Trinajstić information content (AvgIpc) is 2.44. The summed E-state index contributed by atoms with van der Waals surface area (Å²) in [5, 5.41) is 5.42. The van der Waals surface area contributed by atoms with Crippen molar-refractivity contribution < 1.29 is 4.79 Å². The van der Waals surface area contributed by atoms with Gasteiger partial charge in [-0.05, 0) is 36.2 Å². The Morgan fingerprint density at radius 1 is 1.21 bits per heavy atom. The van der Waals surface area contributed by atoms with Crippen molar-refractivity contribution in [1.82, 2.24) is 5.32 Å². The number of nitrogens with two attached hydrogens (primary N) is 1. The van der Waals surface area contributed by atoms with Gasteiger partial charge in [-0.25, -0.2) is 0 Å². The third kappa shape index (κ3) is 3.32. The zero-order chi connectivity index (χ0) is 13.7. The van der Waals surface area contributed by atoms with Crippen LogP contribution in [0.2, 0.25) is 0 Å². The van der Waals surface area contributed by atoms with Gasteiger partial charge in [-0.2, -0.15) is 0 Å². The molecule has 0 aliphatic rings. The summed E-state index contributed by atoms with van der Waals surface area (Å²) >= 11 is 0. The molecule has 0 aliphatic heterocycles. The molecule has 2 rings (SSSR count). The van der Waals surface area contributed by atoms with Gasteiger partial charge in [-0.1, -0.05) is 42.5 Å². The number of amides is 1. The summed E-state index contributed by atoms with van der Waals surface area (Å²) in [5.41, 5.74) is 6.57. The molecule has 0 heterocycles. The fraction of sp³-hybridized carbons (Fsp3) is 0.312. The van der Waals surface area contributed by atoms with Crippen molar-refractivity contribution in [3.8, 4) is 0 Å². The lowest BCUT2D eigenvalue weighted by Gasteiger charge is -2.16. The van der Waals surface area contributed by atoms with Crippen LogP contribution in [0.4, 0.5) is 0 Å². The van der Waals surface area contributed by atoms with E-state index < -0.39 is 0 Å². The van der Waals surface area contributed by atoms with Crippen LogP contribution in [0, 0.1) is 0 Å². The number of benzene rings is 2. The minimum atomic E-state index is 0.0105. The number of carbonyl (C=O) groups is 1. The number of hydrogen-bond acceptors (Lipinski definition) is 2. The molecule has 1 atom stereocenters. The van der Waals surface area contributed by atoms with E-state index in [-0.39, 0.29) is 11.9 Å². The van der Waals surface area contributed by atoms with Crippen LogP contribution in [-0.2, 0) is 4.79 Å². The summed E-state index contributed by atoms with van der Waals surface area (Å²) in [6.07, 6.45) is 1.22. The van der Waals surface area contributed by atoms with Gasteiger partial charge in [0, 0.05) is 6.42 Å². The Hall–Kier alpha value is -1.87. The average molecular weight is 256 g/mol. The Kier molecular flexibility index (Phi) is 4.53. The highest BCUT2D eigenvalue weighted by atomic mass is 16.1. The number of fused-ring (bicyclic) bond motifs is 1. The van der Waals surface area contributed by atoms with E-state index in [9.17, 15) is 4.79 Å². The van der Waals surface area contributed by atoms with Crippen LogP contribution in [0.1, 0.15) is 31.4 Å². The molecule has 0 aliphatic carbocycles. The summed E-state index contributed by atoms with van der Waals surface area (Å²) in [4.78, 5) is 11.8. The van der Waals surface area contributed by atoms with Gasteiger partial charge in [0.05, 0.1) is 6.04 Å². The number of rotatable bonds is 5. The maximum atomic E-state index is 11.8. The standard InChI is InChI=1S/C16H20N2O/c1-12(18-16(19)10-5-11-17)14-9-4-7-13-6-2-3-8-15(13)14/h2-4,6-9,12H,5,10-11,17H2,1H3,(H,18,19). The lowest BCUT2D eigenvalue weighted by molar-refractivity contribution is -0.121. The van der Waals surface area contributed by atoms with E-state index in [4.69, 9.17) is 5.73 Å². The van der Waals surface area contributed by atoms with E-state index >= 15 is 0 Å². The van der Waals surface area contributed by atoms with Crippen LogP contribution >= 0.6 is 0 Å². The third-order valence-corrected chi connectivity index (χ3v) is 3.28. The highest BCUT2D eigenvalue weighted by molar-refractivity contribution is 5.86. The van der Waals surface area contributed by atoms with E-state index in [2.05, 4.69) is 29.6 Å². The van der Waals surface area contributed by atoms with Crippen molar-refractivity contribution in [2.45, 2.75) is 25.8 Å². The largest absolute Gasteiger partial charge is 0.350 e. The summed E-state index contributed by atoms with van der Waals surface area (Å²) in [7, 11) is 0. The minimum absolute atomic E-state index is 0.0105. The zero-order valence-electron chi connectivity index (χ0n) is 11.2. The van der Waals surface area contributed by atoms with Crippen LogP contribution in [0.25, 0.3) is 10.8 Å². The Morgan fingerprint density at radius 3 is 2.74 bits per heavy atom. The monoisotopic (exact) mass is 256 g/mol. The minimum Gasteiger partial charge on any atom is -0.350 e. The van der Waals surface area contributed by atoms with Crippen LogP contribution in [0.5, 0.6) is 0 Å². The molecule has 1 unspecified atom stereocenters. The van der Waals surface area contributed by atoms with E-state index in [1.165, 1.54) is 10.8 Å². The number of hydrogen-bond donors (Lipinski definition) is 2. The first-order chi connectivity index (χ1) is 9.22. The maximum Gasteiger partial charge on any atom is 0.220 e. The molecule has 0 radical (unpaired) electrons. The fourth-order valence-electron chi connectivity index (χ4n) is 2.28. The molecule has 2 aromatic rings. The molecule has 0 saturated heterocycles. The molecule has 2 aromatic carbocycles. The molecule has 0 bridgehead atoms. The van der Waals surface area contributed by atoms with Crippen molar-refractivity contribution in [3.05, 3.63) is 48.0 Å². The van der Waals surface area contributed by atoms with Gasteiger partial charge in [-0.15, -0.1) is 0 Å². The zero-order valence-corrected chi connectivity index (χ0v) is 11.2. The predicted octanol–water partition coefficient (Wildman–Crippen LogP) is 2.76. The Bertz CT molecular complexity index is 560. The molecular weight excluding hydrogens is 236 g/mol. The van der Waals surface area contributed by atoms with Crippen LogP contribution in [-0.4, -0.2) is 12.5 Å². The van der Waals surface area contributed by atoms with Crippen molar-refractivity contribution in [2.75, 3.05) is 6.54 Å². The molecule has 0 saturated carbocycles. The molecule has 3 heteroatoms. The lowest BCUT2D eigenvalue weighted by atomic mass is 9.99. The third-order valence-electron chi connectivity index (χ3n) is 3.28. The van der Waals surface area contributed by atoms with Gasteiger partial charge < -0.3 is 11.1 Å². The Balaban J connectivity index is 2.17. The van der Waals surface area contributed by atoms with Crippen molar-refractivity contribution >= 4 is 16.7 Å². The molecule has 3 nitrogen and oxygen atoms in total. The SMILES string of the molecule is CC(NC(=O)CCCN)c1cccc2ccccc12. The lowest BCUT2D eigenvalue weighted by Crippen LogP contribution is -2.27. The first-order valence-corrected chi connectivity index (χ1v) is 6.69. The van der Waals surface area contributed by atoms with E-state index in [0.29, 0.717) is 13.0 Å². The normalized spacial score (nSPS) is 12.3. The second-order valence-corrected chi connectivity index (χ2v) is 4.75. The van der Waals surface area contributed by atoms with Gasteiger partial charge >= 0.3 is 0 Å². The first-order valence-electron chi connectivity index (χ1n) is 6.69. The van der Waals surface area contributed by atoms with E-state index in [1.54, 1.807) is 0 Å². The summed E-state index contributed by atoms with van der Waals surface area (Å²) in [6.45, 7) is 2.57. The first kappa shape index (κ1) is 13.6. The molecule has 100 valence electrons. The number of nitrogens with one attached hydrogen (secondary N) is 1. The molecular formula is C16H20N2O. The summed E-state index contributed by atoms with van der Waals surface area (Å²) in [5.74, 6) is 0.0610. The Morgan fingerprint density at radius 2 is 1.95 bits per heavy atom. The number of carbonyl (C=O) groups excluding carboxylic acids is 1. The molecule has 0 aromatic heterocycles. The van der Waals surface area contributed by atoms with Crippen molar-refractivity contribution in [1.29, 1.82) is 0 Å². The smallest absolute Gasteiger partial charge is 0.220 e. The summed E-state index contributed by atoms with van der Waals surface area (Å²) in [6, 6.07) is 14.4. The predicted molar refractivity (Wildman–Crippen MR) is 78.8 cm³/mol. The second kappa shape index (κ2) is 6.34. The molecule has 0 fully saturated rings. The van der Waals surface area contributed by atoms with Crippen molar-refractivity contribution in [2.24, 2.45) is 5.73 Å². The fourth-order valence-corrected chi connectivity index (χ4v) is 2.28. The van der Waals surface area contributed by atoms with Gasteiger partial charge in [-0.3, -0.25) is 4.79 Å². The Labute approximate surface area is 113 Å². The topological polar surface area (TPSA) is 55.1 Å². The van der Waals surface area contributed by atoms with Crippen LogP contribution in [0.15, 0.2) is 42.5 Å². The quantitative estimate of drug-likeness (QED) is 0.864. The van der Waals surface area contributed by atoms with Gasteiger partial charge in [0.25, 0.3) is 0 Å². The highest BCUT2D eigenvalue weighted by Crippen LogP contribution is 2.23. The highest BCUT2D eigenvalue weighted by Gasteiger charge is 2.11. The van der Waals surface area contributed by atoms with Crippen LogP contribution < -0.4 is 11.1 Å². The van der Waals surface area contributed by atoms with E-state index in [0.717, 1.165) is 12.0 Å². The molecule has 0 spiro atoms. The van der Waals surface area contributed by atoms with Crippen LogP contribution in [0.3, 0.4) is 0 Å². The molecule has 3 N–H and O–H groups in total. The van der Waals surface area contributed by atoms with Gasteiger partial charge in [0.15, 0.2) is 0 Å². The molecule has 1 amide bonds. The van der Waals surface area contributed by atoms with Gasteiger partial charge in [0.1, 0.15) is 0 Å². The van der Waals surface area contributed by atoms with E-state index in [1.807, 2.05) is 25.1 Å². The summed E-state index contributed by atoms with van der Waals surface area (Å²) < 4.78 is 0. The van der Waals surface area contributed by atoms with Crippen molar-refractivity contribution in [3.63, 3.8) is 0 Å². The second-order valence-electron chi connectivity index (χ2n) is 4.75. The van der Waals surface area contributed by atoms with Gasteiger partial charge in [0.2, 0.25) is 5.91 Å². The maximum absolute atomic E-state index is 11.8. The molecule has 19 heavy (non-hydrogen) atoms.